The van der Waals surface area contributed by atoms with Crippen LogP contribution in [0.15, 0.2) is 0 Å². The van der Waals surface area contributed by atoms with E-state index >= 15 is 0 Å². The number of hydrogen-bond donors (Lipinski definition) is 3. The van der Waals surface area contributed by atoms with Gasteiger partial charge in [0.1, 0.15) is 5.69 Å². The first-order valence-corrected chi connectivity index (χ1v) is 10.3. The van der Waals surface area contributed by atoms with E-state index in [-0.39, 0.29) is 0 Å². The Morgan fingerprint density at radius 2 is 1.92 bits per heavy atom. The van der Waals surface area contributed by atoms with Gasteiger partial charge in [0.15, 0.2) is 11.6 Å². The Balaban J connectivity index is 1.52. The SMILES string of the molecule is CCC[C@H](C)Nc1nc(N)c2c(n1)N(CCCCN1CCCCC1)CN2. The second-order valence-corrected chi connectivity index (χ2v) is 7.67. The lowest BCUT2D eigenvalue weighted by atomic mass is 10.1. The smallest absolute Gasteiger partial charge is 0.226 e. The number of nitrogens with zero attached hydrogens (tertiary/aromatic N) is 4. The molecule has 2 aliphatic heterocycles. The molecule has 26 heavy (non-hydrogen) atoms. The van der Waals surface area contributed by atoms with E-state index in [1.54, 1.807) is 0 Å². The summed E-state index contributed by atoms with van der Waals surface area (Å²) < 4.78 is 0. The first-order chi connectivity index (χ1) is 12.7. The molecule has 3 rings (SSSR count). The fourth-order valence-corrected chi connectivity index (χ4v) is 3.91. The number of piperidine rings is 1. The molecule has 146 valence electrons. The van der Waals surface area contributed by atoms with Gasteiger partial charge in [0.2, 0.25) is 5.95 Å². The lowest BCUT2D eigenvalue weighted by Gasteiger charge is -2.26. The zero-order valence-electron chi connectivity index (χ0n) is 16.4. The lowest BCUT2D eigenvalue weighted by molar-refractivity contribution is 0.225. The van der Waals surface area contributed by atoms with Crippen LogP contribution in [0.3, 0.4) is 0 Å². The highest BCUT2D eigenvalue weighted by molar-refractivity contribution is 5.81. The van der Waals surface area contributed by atoms with Crippen molar-refractivity contribution < 1.29 is 0 Å². The molecule has 0 radical (unpaired) electrons. The summed E-state index contributed by atoms with van der Waals surface area (Å²) >= 11 is 0. The summed E-state index contributed by atoms with van der Waals surface area (Å²) in [4.78, 5) is 14.1. The number of hydrogen-bond acceptors (Lipinski definition) is 7. The molecule has 0 aliphatic carbocycles. The van der Waals surface area contributed by atoms with Crippen molar-refractivity contribution in [2.24, 2.45) is 0 Å². The zero-order valence-corrected chi connectivity index (χ0v) is 16.4. The summed E-state index contributed by atoms with van der Waals surface area (Å²) in [5.74, 6) is 2.13. The van der Waals surface area contributed by atoms with E-state index in [2.05, 4.69) is 39.3 Å². The number of anilines is 4. The Labute approximate surface area is 157 Å². The minimum Gasteiger partial charge on any atom is -0.382 e. The molecule has 7 nitrogen and oxygen atoms in total. The van der Waals surface area contributed by atoms with Crippen LogP contribution in [-0.4, -0.2) is 53.8 Å². The second kappa shape index (κ2) is 9.26. The molecule has 0 unspecified atom stereocenters. The van der Waals surface area contributed by atoms with Crippen molar-refractivity contribution in [3.05, 3.63) is 0 Å². The topological polar surface area (TPSA) is 82.3 Å². The monoisotopic (exact) mass is 361 g/mol. The van der Waals surface area contributed by atoms with E-state index in [4.69, 9.17) is 10.7 Å². The Morgan fingerprint density at radius 1 is 1.15 bits per heavy atom. The minimum atomic E-state index is 0.352. The van der Waals surface area contributed by atoms with Crippen molar-refractivity contribution in [2.75, 3.05) is 54.1 Å². The zero-order chi connectivity index (χ0) is 18.4. The van der Waals surface area contributed by atoms with Crippen molar-refractivity contribution >= 4 is 23.3 Å². The summed E-state index contributed by atoms with van der Waals surface area (Å²) in [6.07, 6.45) is 8.79. The number of rotatable bonds is 9. The molecule has 0 spiro atoms. The summed E-state index contributed by atoms with van der Waals surface area (Å²) in [6.45, 7) is 9.91. The van der Waals surface area contributed by atoms with Crippen LogP contribution >= 0.6 is 0 Å². The first kappa shape index (κ1) is 19.0. The van der Waals surface area contributed by atoms with Gasteiger partial charge < -0.3 is 26.2 Å². The maximum absolute atomic E-state index is 6.15. The van der Waals surface area contributed by atoms with Gasteiger partial charge in [0, 0.05) is 12.6 Å². The number of likely N-dealkylation sites (tertiary alicyclic amines) is 1. The highest BCUT2D eigenvalue weighted by Crippen LogP contribution is 2.34. The van der Waals surface area contributed by atoms with E-state index in [0.29, 0.717) is 17.8 Å². The van der Waals surface area contributed by atoms with Gasteiger partial charge in [0.25, 0.3) is 0 Å². The van der Waals surface area contributed by atoms with E-state index in [9.17, 15) is 0 Å². The molecule has 0 bridgehead atoms. The van der Waals surface area contributed by atoms with Crippen molar-refractivity contribution in [2.45, 2.75) is 64.8 Å². The second-order valence-electron chi connectivity index (χ2n) is 7.67. The molecule has 0 amide bonds. The average molecular weight is 362 g/mol. The first-order valence-electron chi connectivity index (χ1n) is 10.3. The van der Waals surface area contributed by atoms with Gasteiger partial charge in [-0.2, -0.15) is 9.97 Å². The molecule has 4 N–H and O–H groups in total. The summed E-state index contributed by atoms with van der Waals surface area (Å²) in [6, 6.07) is 0.352. The van der Waals surface area contributed by atoms with Gasteiger partial charge in [-0.05, 0) is 58.7 Å². The van der Waals surface area contributed by atoms with Crippen molar-refractivity contribution in [1.29, 1.82) is 0 Å². The number of unbranched alkanes of at least 4 members (excludes halogenated alkanes) is 1. The third-order valence-corrected chi connectivity index (χ3v) is 5.36. The average Bonchev–Trinajstić information content (AvgIpc) is 3.03. The van der Waals surface area contributed by atoms with E-state index < -0.39 is 0 Å². The largest absolute Gasteiger partial charge is 0.382 e. The molecule has 0 aromatic carbocycles. The third-order valence-electron chi connectivity index (χ3n) is 5.36. The number of fused-ring (bicyclic) bond motifs is 1. The van der Waals surface area contributed by atoms with E-state index in [0.717, 1.165) is 37.6 Å². The standard InChI is InChI=1S/C19H35N7/c1-3-9-15(2)22-19-23-17(20)16-18(24-19)26(14-21-16)13-8-7-12-25-10-5-4-6-11-25/h15,21H,3-14H2,1-2H3,(H3,20,22,23,24)/t15-/m0/s1. The maximum atomic E-state index is 6.15. The number of nitrogen functional groups attached to an aromatic ring is 1. The molecular weight excluding hydrogens is 326 g/mol. The molecule has 1 saturated heterocycles. The van der Waals surface area contributed by atoms with Gasteiger partial charge in [0.05, 0.1) is 6.67 Å². The summed E-state index contributed by atoms with van der Waals surface area (Å²) in [7, 11) is 0. The Hall–Kier alpha value is -1.76. The van der Waals surface area contributed by atoms with Crippen LogP contribution in [0.2, 0.25) is 0 Å². The summed E-state index contributed by atoms with van der Waals surface area (Å²) in [5.41, 5.74) is 7.03. The van der Waals surface area contributed by atoms with Crippen LogP contribution < -0.4 is 21.3 Å². The molecule has 2 aliphatic rings. The van der Waals surface area contributed by atoms with Crippen LogP contribution in [0, 0.1) is 0 Å². The molecule has 1 aromatic rings. The fourth-order valence-electron chi connectivity index (χ4n) is 3.91. The Kier molecular flexibility index (Phi) is 6.77. The number of aromatic nitrogens is 2. The summed E-state index contributed by atoms with van der Waals surface area (Å²) in [5, 5.41) is 6.73. The van der Waals surface area contributed by atoms with E-state index in [1.165, 1.54) is 51.7 Å². The lowest BCUT2D eigenvalue weighted by Crippen LogP contribution is -2.31. The predicted molar refractivity (Wildman–Crippen MR) is 110 cm³/mol. The maximum Gasteiger partial charge on any atom is 0.226 e. The van der Waals surface area contributed by atoms with Gasteiger partial charge in [-0.1, -0.05) is 19.8 Å². The van der Waals surface area contributed by atoms with E-state index in [1.807, 2.05) is 0 Å². The van der Waals surface area contributed by atoms with Gasteiger partial charge in [-0.3, -0.25) is 0 Å². The van der Waals surface area contributed by atoms with Crippen LogP contribution in [0.1, 0.15) is 58.8 Å². The highest BCUT2D eigenvalue weighted by Gasteiger charge is 2.24. The molecule has 1 atom stereocenters. The van der Waals surface area contributed by atoms with Crippen LogP contribution in [0.5, 0.6) is 0 Å². The Bertz CT molecular complexity index is 571. The molecular formula is C19H35N7. The van der Waals surface area contributed by atoms with Crippen LogP contribution in [-0.2, 0) is 0 Å². The van der Waals surface area contributed by atoms with Gasteiger partial charge >= 0.3 is 0 Å². The van der Waals surface area contributed by atoms with Crippen LogP contribution in [0.25, 0.3) is 0 Å². The normalized spacial score (nSPS) is 18.5. The quantitative estimate of drug-likeness (QED) is 0.583. The molecule has 1 aromatic heterocycles. The molecule has 3 heterocycles. The van der Waals surface area contributed by atoms with Gasteiger partial charge in [-0.15, -0.1) is 0 Å². The Morgan fingerprint density at radius 3 is 2.69 bits per heavy atom. The van der Waals surface area contributed by atoms with Crippen molar-refractivity contribution in [1.82, 2.24) is 14.9 Å². The molecule has 1 fully saturated rings. The number of nitrogens with one attached hydrogen (secondary N) is 2. The van der Waals surface area contributed by atoms with Crippen LogP contribution in [0.4, 0.5) is 23.3 Å². The number of nitrogens with two attached hydrogens (primary N) is 1. The highest BCUT2D eigenvalue weighted by atomic mass is 15.4. The minimum absolute atomic E-state index is 0.352. The van der Waals surface area contributed by atoms with Gasteiger partial charge in [-0.25, -0.2) is 0 Å². The predicted octanol–water partition coefficient (Wildman–Crippen LogP) is 3.11. The molecule has 7 heteroatoms. The third kappa shape index (κ3) is 4.90. The molecule has 0 saturated carbocycles. The van der Waals surface area contributed by atoms with Crippen molar-refractivity contribution in [3.8, 4) is 0 Å². The fraction of sp³-hybridized carbons (Fsp3) is 0.789. The van der Waals surface area contributed by atoms with Crippen molar-refractivity contribution in [3.63, 3.8) is 0 Å².